The first-order valence-electron chi connectivity index (χ1n) is 6.34. The zero-order chi connectivity index (χ0) is 14.3. The molecule has 0 aliphatic carbocycles. The van der Waals surface area contributed by atoms with E-state index in [2.05, 4.69) is 24.0 Å². The van der Waals surface area contributed by atoms with Crippen molar-refractivity contribution in [1.29, 1.82) is 0 Å². The van der Waals surface area contributed by atoms with E-state index in [9.17, 15) is 4.79 Å². The fourth-order valence-corrected chi connectivity index (χ4v) is 2.18. The molecule has 1 unspecified atom stereocenters. The number of nitrogens with two attached hydrogens (primary N) is 1. The quantitative estimate of drug-likeness (QED) is 0.722. The van der Waals surface area contributed by atoms with Gasteiger partial charge in [-0.3, -0.25) is 4.79 Å². The van der Waals surface area contributed by atoms with Crippen LogP contribution in [0.5, 0.6) is 0 Å². The molecule has 0 bridgehead atoms. The Bertz CT molecular complexity index is 395. The molecule has 1 aromatic rings. The lowest BCUT2D eigenvalue weighted by molar-refractivity contribution is -0.144. The summed E-state index contributed by atoms with van der Waals surface area (Å²) >= 11 is 1.49. The molecule has 1 atom stereocenters. The van der Waals surface area contributed by atoms with Crippen molar-refractivity contribution in [3.8, 4) is 0 Å². The summed E-state index contributed by atoms with van der Waals surface area (Å²) in [5, 5.41) is 3.88. The molecule has 0 aromatic carbocycles. The molecular weight excluding hydrogens is 266 g/mol. The molecule has 19 heavy (non-hydrogen) atoms. The molecule has 108 valence electrons. The van der Waals surface area contributed by atoms with Gasteiger partial charge in [0, 0.05) is 12.2 Å². The van der Waals surface area contributed by atoms with E-state index in [1.54, 1.807) is 6.92 Å². The zero-order valence-corrected chi connectivity index (χ0v) is 12.4. The van der Waals surface area contributed by atoms with E-state index in [0.29, 0.717) is 35.7 Å². The normalized spacial score (nSPS) is 12.7. The van der Waals surface area contributed by atoms with E-state index < -0.39 is 6.04 Å². The third kappa shape index (κ3) is 6.07. The molecule has 2 N–H and O–H groups in total. The maximum absolute atomic E-state index is 11.3. The van der Waals surface area contributed by atoms with Crippen LogP contribution in [0.25, 0.3) is 0 Å². The zero-order valence-electron chi connectivity index (χ0n) is 11.6. The lowest BCUT2D eigenvalue weighted by Gasteiger charge is -2.08. The van der Waals surface area contributed by atoms with E-state index >= 15 is 0 Å². The van der Waals surface area contributed by atoms with Crippen LogP contribution in [0.3, 0.4) is 0 Å². The number of hydrogen-bond acceptors (Lipinski definition) is 7. The lowest BCUT2D eigenvalue weighted by atomic mass is 10.1. The van der Waals surface area contributed by atoms with Crippen LogP contribution in [0.1, 0.15) is 32.5 Å². The van der Waals surface area contributed by atoms with Gasteiger partial charge in [0.1, 0.15) is 6.04 Å². The summed E-state index contributed by atoms with van der Waals surface area (Å²) in [5.41, 5.74) is 5.68. The summed E-state index contributed by atoms with van der Waals surface area (Å²) in [7, 11) is 0. The van der Waals surface area contributed by atoms with E-state index in [0.717, 1.165) is 6.42 Å². The van der Waals surface area contributed by atoms with Crippen molar-refractivity contribution in [2.45, 2.75) is 39.0 Å². The van der Waals surface area contributed by atoms with Gasteiger partial charge in [0.05, 0.1) is 12.4 Å². The van der Waals surface area contributed by atoms with Gasteiger partial charge in [-0.2, -0.15) is 16.7 Å². The number of aromatic nitrogens is 2. The number of esters is 1. The topological polar surface area (TPSA) is 91.2 Å². The van der Waals surface area contributed by atoms with Crippen molar-refractivity contribution in [2.75, 3.05) is 12.4 Å². The highest BCUT2D eigenvalue weighted by Crippen LogP contribution is 2.12. The van der Waals surface area contributed by atoms with Crippen molar-refractivity contribution in [2.24, 2.45) is 11.7 Å². The van der Waals surface area contributed by atoms with Crippen molar-refractivity contribution in [1.82, 2.24) is 10.1 Å². The van der Waals surface area contributed by atoms with Gasteiger partial charge in [-0.05, 0) is 12.8 Å². The van der Waals surface area contributed by atoms with E-state index in [1.807, 2.05) is 0 Å². The third-order valence-electron chi connectivity index (χ3n) is 2.21. The first-order valence-corrected chi connectivity index (χ1v) is 7.49. The summed E-state index contributed by atoms with van der Waals surface area (Å²) < 4.78 is 9.95. The second-order valence-corrected chi connectivity index (χ2v) is 5.61. The Morgan fingerprint density at radius 3 is 2.89 bits per heavy atom. The summed E-state index contributed by atoms with van der Waals surface area (Å²) in [6.07, 6.45) is 0.778. The number of hydrogen-bond donors (Lipinski definition) is 1. The second-order valence-electron chi connectivity index (χ2n) is 4.58. The van der Waals surface area contributed by atoms with Gasteiger partial charge >= 0.3 is 5.97 Å². The van der Waals surface area contributed by atoms with Crippen LogP contribution < -0.4 is 5.73 Å². The molecule has 0 saturated heterocycles. The summed E-state index contributed by atoms with van der Waals surface area (Å²) in [6.45, 7) is 6.29. The molecule has 0 amide bonds. The molecule has 1 heterocycles. The molecule has 1 aromatic heterocycles. The van der Waals surface area contributed by atoms with Gasteiger partial charge in [-0.1, -0.05) is 19.0 Å². The van der Waals surface area contributed by atoms with Gasteiger partial charge in [0.2, 0.25) is 5.89 Å². The van der Waals surface area contributed by atoms with Crippen LogP contribution in [0.4, 0.5) is 0 Å². The third-order valence-corrected chi connectivity index (χ3v) is 3.27. The summed E-state index contributed by atoms with van der Waals surface area (Å²) in [5.74, 6) is 2.46. The molecule has 0 aliphatic heterocycles. The van der Waals surface area contributed by atoms with Crippen LogP contribution in [-0.2, 0) is 21.7 Å². The molecule has 6 nitrogen and oxygen atoms in total. The summed E-state index contributed by atoms with van der Waals surface area (Å²) in [4.78, 5) is 15.6. The summed E-state index contributed by atoms with van der Waals surface area (Å²) in [6, 6.07) is -0.605. The number of thioether (sulfide) groups is 1. The highest BCUT2D eigenvalue weighted by atomic mass is 32.2. The van der Waals surface area contributed by atoms with Gasteiger partial charge < -0.3 is 15.0 Å². The number of carbonyl (C=O) groups excluding carboxylic acids is 1. The highest BCUT2D eigenvalue weighted by molar-refractivity contribution is 7.98. The van der Waals surface area contributed by atoms with Gasteiger partial charge in [-0.25, -0.2) is 0 Å². The molecule has 0 saturated carbocycles. The van der Waals surface area contributed by atoms with Crippen molar-refractivity contribution >= 4 is 17.7 Å². The van der Waals surface area contributed by atoms with Crippen LogP contribution >= 0.6 is 11.8 Å². The Hall–Kier alpha value is -1.08. The van der Waals surface area contributed by atoms with Crippen molar-refractivity contribution in [3.63, 3.8) is 0 Å². The maximum Gasteiger partial charge on any atom is 0.323 e. The van der Waals surface area contributed by atoms with Crippen molar-refractivity contribution in [3.05, 3.63) is 11.7 Å². The van der Waals surface area contributed by atoms with Crippen molar-refractivity contribution < 1.29 is 14.1 Å². The van der Waals surface area contributed by atoms with Gasteiger partial charge in [-0.15, -0.1) is 0 Å². The SMILES string of the molecule is CCOC(=O)C(N)CSCc1noc(CC(C)C)n1. The average molecular weight is 287 g/mol. The minimum Gasteiger partial charge on any atom is -0.465 e. The molecule has 0 radical (unpaired) electrons. The maximum atomic E-state index is 11.3. The predicted octanol–water partition coefficient (Wildman–Crippen LogP) is 1.39. The number of nitrogens with zero attached hydrogens (tertiary/aromatic N) is 2. The standard InChI is InChI=1S/C12H21N3O3S/c1-4-17-12(16)9(13)6-19-7-10-14-11(18-15-10)5-8(2)3/h8-9H,4-7,13H2,1-3H3. The van der Waals surface area contributed by atoms with Crippen LogP contribution in [-0.4, -0.2) is 34.5 Å². The number of carbonyl (C=O) groups is 1. The predicted molar refractivity (Wildman–Crippen MR) is 73.6 cm³/mol. The minimum atomic E-state index is -0.605. The van der Waals surface area contributed by atoms with Crippen LogP contribution in [0.15, 0.2) is 4.52 Å². The molecule has 1 rings (SSSR count). The van der Waals surface area contributed by atoms with E-state index in [-0.39, 0.29) is 5.97 Å². The molecule has 0 aliphatic rings. The highest BCUT2D eigenvalue weighted by Gasteiger charge is 2.15. The van der Waals surface area contributed by atoms with Gasteiger partial charge in [0.15, 0.2) is 5.82 Å². The fraction of sp³-hybridized carbons (Fsp3) is 0.750. The van der Waals surface area contributed by atoms with Crippen LogP contribution in [0.2, 0.25) is 0 Å². The molecular formula is C12H21N3O3S. The Balaban J connectivity index is 2.29. The Morgan fingerprint density at radius 1 is 1.53 bits per heavy atom. The Kier molecular flexibility index (Phi) is 6.86. The molecule has 0 fully saturated rings. The largest absolute Gasteiger partial charge is 0.465 e. The molecule has 0 spiro atoms. The lowest BCUT2D eigenvalue weighted by Crippen LogP contribution is -2.34. The van der Waals surface area contributed by atoms with E-state index in [1.165, 1.54) is 11.8 Å². The van der Waals surface area contributed by atoms with E-state index in [4.69, 9.17) is 15.0 Å². The monoisotopic (exact) mass is 287 g/mol. The first-order chi connectivity index (χ1) is 9.02. The Morgan fingerprint density at radius 2 is 2.26 bits per heavy atom. The smallest absolute Gasteiger partial charge is 0.323 e. The Labute approximate surface area is 117 Å². The minimum absolute atomic E-state index is 0.348. The number of rotatable bonds is 8. The van der Waals surface area contributed by atoms with Crippen LogP contribution in [0, 0.1) is 5.92 Å². The fourth-order valence-electron chi connectivity index (χ4n) is 1.38. The second kappa shape index (κ2) is 8.16. The average Bonchev–Trinajstić information content (AvgIpc) is 2.76. The molecule has 7 heteroatoms. The first kappa shape index (κ1) is 16.0. The number of ether oxygens (including phenoxy) is 1. The van der Waals surface area contributed by atoms with Gasteiger partial charge in [0.25, 0.3) is 0 Å².